The number of hydrogen-bond donors (Lipinski definition) is 1. The third-order valence-corrected chi connectivity index (χ3v) is 4.81. The number of carbonyl (C=O) groups excluding carboxylic acids is 1. The minimum atomic E-state index is -0.357. The second kappa shape index (κ2) is 6.56. The highest BCUT2D eigenvalue weighted by atomic mass is 19.1. The minimum absolute atomic E-state index is 0.275. The standard InChI is InChI=1S/C21H22FN3O/c1-3-10-25-19-17(14-4-5-14)11-13(2)12-18(19)20(24-25)23-21(26)15-6-8-16(22)9-7-15/h6-9,11-12,14H,3-5,10H2,1-2H3,(H,23,24,26). The van der Waals surface area contributed by atoms with E-state index in [9.17, 15) is 9.18 Å². The normalized spacial score (nSPS) is 14.0. The zero-order valence-corrected chi connectivity index (χ0v) is 15.1. The third kappa shape index (κ3) is 3.09. The number of rotatable bonds is 5. The van der Waals surface area contributed by atoms with Crippen LogP contribution >= 0.6 is 0 Å². The van der Waals surface area contributed by atoms with Gasteiger partial charge in [0.1, 0.15) is 5.82 Å². The molecule has 0 atom stereocenters. The van der Waals surface area contributed by atoms with Crippen LogP contribution in [0.1, 0.15) is 53.6 Å². The van der Waals surface area contributed by atoms with E-state index in [4.69, 9.17) is 0 Å². The summed E-state index contributed by atoms with van der Waals surface area (Å²) in [7, 11) is 0. The molecule has 0 unspecified atom stereocenters. The first-order valence-electron chi connectivity index (χ1n) is 9.14. The molecule has 4 rings (SSSR count). The van der Waals surface area contributed by atoms with Crippen LogP contribution in [0, 0.1) is 12.7 Å². The third-order valence-electron chi connectivity index (χ3n) is 4.81. The Kier molecular flexibility index (Phi) is 4.23. The number of amides is 1. The molecule has 1 saturated carbocycles. The summed E-state index contributed by atoms with van der Waals surface area (Å²) in [6.07, 6.45) is 3.40. The summed E-state index contributed by atoms with van der Waals surface area (Å²) in [5.41, 5.74) is 4.06. The number of aryl methyl sites for hydroxylation is 2. The lowest BCUT2D eigenvalue weighted by Crippen LogP contribution is -2.13. The Morgan fingerprint density at radius 3 is 2.65 bits per heavy atom. The molecule has 1 aromatic heterocycles. The summed E-state index contributed by atoms with van der Waals surface area (Å²) in [6.45, 7) is 5.01. The van der Waals surface area contributed by atoms with Gasteiger partial charge in [-0.05, 0) is 73.6 Å². The Morgan fingerprint density at radius 1 is 1.27 bits per heavy atom. The van der Waals surface area contributed by atoms with Crippen LogP contribution in [0.15, 0.2) is 36.4 Å². The van der Waals surface area contributed by atoms with Crippen molar-refractivity contribution in [2.75, 3.05) is 5.32 Å². The Balaban J connectivity index is 1.77. The maximum Gasteiger partial charge on any atom is 0.256 e. The topological polar surface area (TPSA) is 46.9 Å². The first-order chi connectivity index (χ1) is 12.6. The van der Waals surface area contributed by atoms with Crippen molar-refractivity contribution in [3.05, 3.63) is 58.9 Å². The van der Waals surface area contributed by atoms with Crippen molar-refractivity contribution in [3.8, 4) is 0 Å². The van der Waals surface area contributed by atoms with Crippen LogP contribution in [0.25, 0.3) is 10.9 Å². The number of nitrogens with zero attached hydrogens (tertiary/aromatic N) is 2. The summed E-state index contributed by atoms with van der Waals surface area (Å²) in [4.78, 5) is 12.6. The van der Waals surface area contributed by atoms with Crippen molar-refractivity contribution in [2.24, 2.45) is 0 Å². The van der Waals surface area contributed by atoms with Gasteiger partial charge in [-0.3, -0.25) is 9.48 Å². The van der Waals surface area contributed by atoms with Crippen LogP contribution in [-0.2, 0) is 6.54 Å². The van der Waals surface area contributed by atoms with E-state index in [-0.39, 0.29) is 11.7 Å². The predicted octanol–water partition coefficient (Wildman–Crippen LogP) is 5.02. The average Bonchev–Trinajstić information content (AvgIpc) is 3.40. The Bertz CT molecular complexity index is 971. The van der Waals surface area contributed by atoms with Crippen LogP contribution in [-0.4, -0.2) is 15.7 Å². The van der Waals surface area contributed by atoms with Gasteiger partial charge in [0.2, 0.25) is 0 Å². The number of carbonyl (C=O) groups is 1. The van der Waals surface area contributed by atoms with Crippen molar-refractivity contribution >= 4 is 22.6 Å². The zero-order chi connectivity index (χ0) is 18.3. The fourth-order valence-electron chi connectivity index (χ4n) is 3.45. The van der Waals surface area contributed by atoms with Gasteiger partial charge in [-0.1, -0.05) is 13.0 Å². The molecule has 1 fully saturated rings. The largest absolute Gasteiger partial charge is 0.305 e. The highest BCUT2D eigenvalue weighted by molar-refractivity contribution is 6.08. The van der Waals surface area contributed by atoms with Crippen LogP contribution in [0.4, 0.5) is 10.2 Å². The Hall–Kier alpha value is -2.69. The molecule has 1 aliphatic rings. The summed E-state index contributed by atoms with van der Waals surface area (Å²) < 4.78 is 15.1. The smallest absolute Gasteiger partial charge is 0.256 e. The van der Waals surface area contributed by atoms with Gasteiger partial charge in [-0.25, -0.2) is 4.39 Å². The molecular weight excluding hydrogens is 329 g/mol. The van der Waals surface area contributed by atoms with E-state index in [1.807, 2.05) is 4.68 Å². The number of anilines is 1. The molecule has 1 heterocycles. The molecular formula is C21H22FN3O. The Labute approximate surface area is 152 Å². The maximum atomic E-state index is 13.1. The van der Waals surface area contributed by atoms with Crippen molar-refractivity contribution in [1.82, 2.24) is 9.78 Å². The number of halogens is 1. The molecule has 26 heavy (non-hydrogen) atoms. The van der Waals surface area contributed by atoms with Gasteiger partial charge < -0.3 is 5.32 Å². The fourth-order valence-corrected chi connectivity index (χ4v) is 3.45. The van der Waals surface area contributed by atoms with Gasteiger partial charge in [-0.2, -0.15) is 5.10 Å². The lowest BCUT2D eigenvalue weighted by molar-refractivity contribution is 0.102. The monoisotopic (exact) mass is 351 g/mol. The number of aromatic nitrogens is 2. The molecule has 0 aliphatic heterocycles. The summed E-state index contributed by atoms with van der Waals surface area (Å²) in [5, 5.41) is 8.59. The maximum absolute atomic E-state index is 13.1. The molecule has 134 valence electrons. The van der Waals surface area contributed by atoms with Gasteiger partial charge in [0.25, 0.3) is 5.91 Å². The predicted molar refractivity (Wildman–Crippen MR) is 101 cm³/mol. The van der Waals surface area contributed by atoms with Crippen LogP contribution in [0.5, 0.6) is 0 Å². The molecule has 4 nitrogen and oxygen atoms in total. The van der Waals surface area contributed by atoms with E-state index in [1.54, 1.807) is 0 Å². The summed E-state index contributed by atoms with van der Waals surface area (Å²) in [6, 6.07) is 9.88. The van der Waals surface area contributed by atoms with Gasteiger partial charge in [0.15, 0.2) is 5.82 Å². The SMILES string of the molecule is CCCn1nc(NC(=O)c2ccc(F)cc2)c2cc(C)cc(C3CC3)c21. The van der Waals surface area contributed by atoms with Crippen LogP contribution < -0.4 is 5.32 Å². The number of fused-ring (bicyclic) bond motifs is 1. The van der Waals surface area contributed by atoms with E-state index in [0.29, 0.717) is 17.3 Å². The van der Waals surface area contributed by atoms with Crippen LogP contribution in [0.2, 0.25) is 0 Å². The van der Waals surface area contributed by atoms with Crippen molar-refractivity contribution in [3.63, 3.8) is 0 Å². The molecule has 5 heteroatoms. The molecule has 1 amide bonds. The fraction of sp³-hybridized carbons (Fsp3) is 0.333. The van der Waals surface area contributed by atoms with Crippen LogP contribution in [0.3, 0.4) is 0 Å². The summed E-state index contributed by atoms with van der Waals surface area (Å²) in [5.74, 6) is 0.546. The average molecular weight is 351 g/mol. The quantitative estimate of drug-likeness (QED) is 0.701. The van der Waals surface area contributed by atoms with Gasteiger partial charge in [0.05, 0.1) is 5.52 Å². The second-order valence-electron chi connectivity index (χ2n) is 7.06. The van der Waals surface area contributed by atoms with E-state index >= 15 is 0 Å². The molecule has 0 radical (unpaired) electrons. The number of benzene rings is 2. The van der Waals surface area contributed by atoms with Crippen molar-refractivity contribution in [2.45, 2.75) is 45.6 Å². The number of hydrogen-bond acceptors (Lipinski definition) is 2. The van der Waals surface area contributed by atoms with Gasteiger partial charge in [0, 0.05) is 17.5 Å². The van der Waals surface area contributed by atoms with E-state index in [2.05, 4.69) is 36.4 Å². The minimum Gasteiger partial charge on any atom is -0.305 e. The van der Waals surface area contributed by atoms with E-state index in [0.717, 1.165) is 23.9 Å². The lowest BCUT2D eigenvalue weighted by atomic mass is 10.0. The highest BCUT2D eigenvalue weighted by Crippen LogP contribution is 2.44. The van der Waals surface area contributed by atoms with Crippen molar-refractivity contribution < 1.29 is 9.18 Å². The summed E-state index contributed by atoms with van der Waals surface area (Å²) >= 11 is 0. The second-order valence-corrected chi connectivity index (χ2v) is 7.06. The van der Waals surface area contributed by atoms with Gasteiger partial charge in [-0.15, -0.1) is 0 Å². The van der Waals surface area contributed by atoms with E-state index < -0.39 is 0 Å². The molecule has 0 saturated heterocycles. The molecule has 0 bridgehead atoms. The van der Waals surface area contributed by atoms with E-state index in [1.165, 1.54) is 48.2 Å². The molecule has 1 N–H and O–H groups in total. The zero-order valence-electron chi connectivity index (χ0n) is 15.1. The Morgan fingerprint density at radius 2 is 2.00 bits per heavy atom. The molecule has 1 aliphatic carbocycles. The first-order valence-corrected chi connectivity index (χ1v) is 9.14. The molecule has 2 aromatic carbocycles. The lowest BCUT2D eigenvalue weighted by Gasteiger charge is -2.08. The van der Waals surface area contributed by atoms with Gasteiger partial charge >= 0.3 is 0 Å². The molecule has 0 spiro atoms. The van der Waals surface area contributed by atoms with Crippen molar-refractivity contribution in [1.29, 1.82) is 0 Å². The highest BCUT2D eigenvalue weighted by Gasteiger charge is 2.28. The molecule has 3 aromatic rings. The first kappa shape index (κ1) is 16.8. The number of nitrogens with one attached hydrogen (secondary N) is 1.